The lowest BCUT2D eigenvalue weighted by Crippen LogP contribution is -2.01. The molecule has 3 rings (SSSR count). The van der Waals surface area contributed by atoms with Crippen LogP contribution in [0.5, 0.6) is 0 Å². The van der Waals surface area contributed by atoms with E-state index in [2.05, 4.69) is 40.5 Å². The molecule has 3 aromatic rings. The molecule has 0 atom stereocenters. The molecule has 0 saturated carbocycles. The summed E-state index contributed by atoms with van der Waals surface area (Å²) in [5, 5.41) is 8.86. The molecule has 2 heterocycles. The maximum Gasteiger partial charge on any atom is 0.0923 e. The number of ether oxygens (including phenoxy) is 1. The highest BCUT2D eigenvalue weighted by atomic mass is 16.5. The van der Waals surface area contributed by atoms with E-state index >= 15 is 0 Å². The third-order valence-electron chi connectivity index (χ3n) is 3.57. The van der Waals surface area contributed by atoms with Crippen molar-refractivity contribution in [3.8, 4) is 22.4 Å². The largest absolute Gasteiger partial charge is 0.385 e. The minimum Gasteiger partial charge on any atom is -0.385 e. The van der Waals surface area contributed by atoms with Gasteiger partial charge in [-0.15, -0.1) is 0 Å². The van der Waals surface area contributed by atoms with E-state index in [9.17, 15) is 0 Å². The monoisotopic (exact) mass is 296 g/mol. The van der Waals surface area contributed by atoms with Crippen LogP contribution in [0.25, 0.3) is 22.4 Å². The maximum absolute atomic E-state index is 5.07. The molecule has 0 bridgehead atoms. The summed E-state index contributed by atoms with van der Waals surface area (Å²) in [5.74, 6) is 0. The Bertz CT molecular complexity index is 744. The van der Waals surface area contributed by atoms with Crippen LogP contribution in [0.4, 0.5) is 0 Å². The van der Waals surface area contributed by atoms with Gasteiger partial charge in [-0.2, -0.15) is 10.2 Å². The molecule has 0 aliphatic rings. The van der Waals surface area contributed by atoms with Crippen LogP contribution in [-0.4, -0.2) is 33.3 Å². The zero-order valence-corrected chi connectivity index (χ0v) is 12.9. The number of nitrogens with zero attached hydrogens (tertiary/aromatic N) is 4. The second kappa shape index (κ2) is 6.58. The topological polar surface area (TPSA) is 44.9 Å². The first-order chi connectivity index (χ1) is 10.8. The van der Waals surface area contributed by atoms with Crippen molar-refractivity contribution in [2.45, 2.75) is 13.0 Å². The van der Waals surface area contributed by atoms with Crippen molar-refractivity contribution in [3.63, 3.8) is 0 Å². The highest BCUT2D eigenvalue weighted by molar-refractivity contribution is 5.70. The van der Waals surface area contributed by atoms with Crippen molar-refractivity contribution in [1.82, 2.24) is 19.6 Å². The second-order valence-electron chi connectivity index (χ2n) is 5.29. The third kappa shape index (κ3) is 3.26. The molecule has 2 aromatic heterocycles. The van der Waals surface area contributed by atoms with Gasteiger partial charge in [-0.1, -0.05) is 18.2 Å². The van der Waals surface area contributed by atoms with Gasteiger partial charge in [-0.25, -0.2) is 0 Å². The number of rotatable bonds is 6. The molecule has 5 nitrogen and oxygen atoms in total. The minimum absolute atomic E-state index is 0.756. The SMILES string of the molecule is COCCCn1ccc(-c2cccc(-c3cnn(C)c3)c2)n1. The summed E-state index contributed by atoms with van der Waals surface area (Å²) in [7, 11) is 3.65. The third-order valence-corrected chi connectivity index (χ3v) is 3.57. The van der Waals surface area contributed by atoms with Gasteiger partial charge in [0.25, 0.3) is 0 Å². The number of hydrogen-bond donors (Lipinski definition) is 0. The molecule has 0 unspecified atom stereocenters. The van der Waals surface area contributed by atoms with E-state index in [1.807, 2.05) is 35.0 Å². The minimum atomic E-state index is 0.756. The van der Waals surface area contributed by atoms with E-state index in [1.165, 1.54) is 0 Å². The summed E-state index contributed by atoms with van der Waals surface area (Å²) < 4.78 is 8.85. The number of methoxy groups -OCH3 is 1. The van der Waals surface area contributed by atoms with Crippen molar-refractivity contribution in [2.24, 2.45) is 7.05 Å². The first kappa shape index (κ1) is 14.5. The van der Waals surface area contributed by atoms with Crippen LogP contribution in [0.1, 0.15) is 6.42 Å². The normalized spacial score (nSPS) is 11.0. The van der Waals surface area contributed by atoms with Gasteiger partial charge in [0.1, 0.15) is 0 Å². The van der Waals surface area contributed by atoms with Crippen LogP contribution in [0.15, 0.2) is 48.9 Å². The zero-order chi connectivity index (χ0) is 15.4. The second-order valence-corrected chi connectivity index (χ2v) is 5.29. The Labute approximate surface area is 130 Å². The fourth-order valence-electron chi connectivity index (χ4n) is 2.44. The molecular formula is C17H20N4O. The van der Waals surface area contributed by atoms with Gasteiger partial charge in [-0.05, 0) is 24.1 Å². The lowest BCUT2D eigenvalue weighted by molar-refractivity contribution is 0.189. The van der Waals surface area contributed by atoms with E-state index in [-0.39, 0.29) is 0 Å². The number of hydrogen-bond acceptors (Lipinski definition) is 3. The predicted octanol–water partition coefficient (Wildman–Crippen LogP) is 2.99. The first-order valence-electron chi connectivity index (χ1n) is 7.38. The Morgan fingerprint density at radius 2 is 2.00 bits per heavy atom. The van der Waals surface area contributed by atoms with Crippen LogP contribution >= 0.6 is 0 Å². The summed E-state index contributed by atoms with van der Waals surface area (Å²) in [5.41, 5.74) is 4.37. The van der Waals surface area contributed by atoms with Gasteiger partial charge < -0.3 is 4.74 Å². The van der Waals surface area contributed by atoms with Gasteiger partial charge in [0.15, 0.2) is 0 Å². The Balaban J connectivity index is 1.80. The van der Waals surface area contributed by atoms with E-state index in [0.717, 1.165) is 42.0 Å². The molecule has 0 fully saturated rings. The summed E-state index contributed by atoms with van der Waals surface area (Å²) >= 11 is 0. The summed E-state index contributed by atoms with van der Waals surface area (Å²) in [4.78, 5) is 0. The molecule has 0 saturated heterocycles. The van der Waals surface area contributed by atoms with Gasteiger partial charge >= 0.3 is 0 Å². The smallest absolute Gasteiger partial charge is 0.0923 e. The van der Waals surface area contributed by atoms with Crippen LogP contribution in [0, 0.1) is 0 Å². The van der Waals surface area contributed by atoms with Gasteiger partial charge in [-0.3, -0.25) is 9.36 Å². The van der Waals surface area contributed by atoms with Crippen molar-refractivity contribution in [3.05, 3.63) is 48.9 Å². The van der Waals surface area contributed by atoms with Crippen LogP contribution in [-0.2, 0) is 18.3 Å². The molecule has 0 radical (unpaired) electrons. The lowest BCUT2D eigenvalue weighted by atomic mass is 10.0. The molecule has 0 N–H and O–H groups in total. The van der Waals surface area contributed by atoms with Crippen LogP contribution in [0.2, 0.25) is 0 Å². The average Bonchev–Trinajstić information content (AvgIpc) is 3.17. The van der Waals surface area contributed by atoms with Gasteiger partial charge in [0, 0.05) is 50.8 Å². The molecule has 1 aromatic carbocycles. The van der Waals surface area contributed by atoms with Crippen molar-refractivity contribution < 1.29 is 4.74 Å². The number of aromatic nitrogens is 4. The maximum atomic E-state index is 5.07. The lowest BCUT2D eigenvalue weighted by Gasteiger charge is -2.02. The van der Waals surface area contributed by atoms with Crippen molar-refractivity contribution in [1.29, 1.82) is 0 Å². The molecular weight excluding hydrogens is 276 g/mol. The fourth-order valence-corrected chi connectivity index (χ4v) is 2.44. The Morgan fingerprint density at radius 1 is 1.14 bits per heavy atom. The molecule has 0 spiro atoms. The molecule has 22 heavy (non-hydrogen) atoms. The van der Waals surface area contributed by atoms with Crippen LogP contribution < -0.4 is 0 Å². The quantitative estimate of drug-likeness (QED) is 0.657. The summed E-state index contributed by atoms with van der Waals surface area (Å²) in [6, 6.07) is 10.4. The first-order valence-corrected chi connectivity index (χ1v) is 7.38. The van der Waals surface area contributed by atoms with Gasteiger partial charge in [0.05, 0.1) is 11.9 Å². The highest BCUT2D eigenvalue weighted by Gasteiger charge is 2.06. The van der Waals surface area contributed by atoms with E-state index in [0.29, 0.717) is 0 Å². The number of benzene rings is 1. The molecule has 5 heteroatoms. The predicted molar refractivity (Wildman–Crippen MR) is 86.4 cm³/mol. The zero-order valence-electron chi connectivity index (χ0n) is 12.9. The molecule has 0 amide bonds. The number of aryl methyl sites for hydroxylation is 2. The fraction of sp³-hybridized carbons (Fsp3) is 0.294. The van der Waals surface area contributed by atoms with Crippen molar-refractivity contribution >= 4 is 0 Å². The van der Waals surface area contributed by atoms with E-state index in [1.54, 1.807) is 7.11 Å². The van der Waals surface area contributed by atoms with E-state index in [4.69, 9.17) is 4.74 Å². The molecule has 0 aliphatic carbocycles. The Kier molecular flexibility index (Phi) is 4.34. The Hall–Kier alpha value is -2.40. The average molecular weight is 296 g/mol. The van der Waals surface area contributed by atoms with Crippen LogP contribution in [0.3, 0.4) is 0 Å². The van der Waals surface area contributed by atoms with E-state index < -0.39 is 0 Å². The van der Waals surface area contributed by atoms with Gasteiger partial charge in [0.2, 0.25) is 0 Å². The summed E-state index contributed by atoms with van der Waals surface area (Å²) in [6.45, 7) is 1.63. The standard InChI is InChI=1S/C17H20N4O/c1-20-13-16(12-18-20)14-5-3-6-15(11-14)17-7-9-21(19-17)8-4-10-22-2/h3,5-7,9,11-13H,4,8,10H2,1-2H3. The summed E-state index contributed by atoms with van der Waals surface area (Å²) in [6.07, 6.45) is 6.88. The highest BCUT2D eigenvalue weighted by Crippen LogP contribution is 2.24. The molecule has 0 aliphatic heterocycles. The Morgan fingerprint density at radius 3 is 2.77 bits per heavy atom. The van der Waals surface area contributed by atoms with Crippen molar-refractivity contribution in [2.75, 3.05) is 13.7 Å². The molecule has 114 valence electrons.